The Bertz CT molecular complexity index is 119. The van der Waals surface area contributed by atoms with E-state index in [1.54, 1.807) is 0 Å². The number of hydrogen-bond donors (Lipinski definition) is 0. The Hall–Kier alpha value is -0.500. The van der Waals surface area contributed by atoms with Crippen LogP contribution in [0.3, 0.4) is 0 Å². The maximum Gasteiger partial charge on any atom is 0.0960 e. The van der Waals surface area contributed by atoms with Crippen molar-refractivity contribution in [1.82, 2.24) is 4.90 Å². The minimum Gasteiger partial charge on any atom is -0.367 e. The molecule has 0 saturated carbocycles. The number of likely N-dealkylation sites (N-methyl/N-ethyl adjacent to an activating group) is 1. The van der Waals surface area contributed by atoms with Crippen molar-refractivity contribution in [3.8, 4) is 0 Å². The van der Waals surface area contributed by atoms with Crippen molar-refractivity contribution in [2.24, 2.45) is 0 Å². The lowest BCUT2D eigenvalue weighted by Crippen LogP contribution is -2.53. The van der Waals surface area contributed by atoms with Crippen molar-refractivity contribution in [2.75, 3.05) is 40.3 Å². The van der Waals surface area contributed by atoms with Crippen LogP contribution in [0, 0.1) is 0 Å². The Balaban J connectivity index is 2.38. The Morgan fingerprint density at radius 1 is 1.30 bits per heavy atom. The van der Waals surface area contributed by atoms with Gasteiger partial charge in [0.2, 0.25) is 0 Å². The molecule has 0 bridgehead atoms. The molecule has 0 atom stereocenters. The van der Waals surface area contributed by atoms with E-state index in [1.807, 2.05) is 6.20 Å². The molecule has 2 nitrogen and oxygen atoms in total. The van der Waals surface area contributed by atoms with Crippen molar-refractivity contribution in [1.29, 1.82) is 0 Å². The van der Waals surface area contributed by atoms with Crippen LogP contribution in [-0.2, 0) is 0 Å². The molecule has 0 spiro atoms. The molecular formula is C8H17N2+. The number of rotatable bonds is 1. The quantitative estimate of drug-likeness (QED) is 0.481. The molecule has 0 unspecified atom stereocenters. The first-order valence-electron chi connectivity index (χ1n) is 3.83. The fourth-order valence-corrected chi connectivity index (χ4v) is 1.20. The molecule has 0 N–H and O–H groups in total. The second-order valence-corrected chi connectivity index (χ2v) is 3.60. The van der Waals surface area contributed by atoms with Crippen LogP contribution in [0.5, 0.6) is 0 Å². The molecule has 1 aliphatic rings. The molecular weight excluding hydrogens is 124 g/mol. The van der Waals surface area contributed by atoms with E-state index >= 15 is 0 Å². The van der Waals surface area contributed by atoms with Crippen LogP contribution >= 0.6 is 0 Å². The van der Waals surface area contributed by atoms with Crippen LogP contribution < -0.4 is 0 Å². The van der Waals surface area contributed by atoms with Gasteiger partial charge < -0.3 is 9.38 Å². The van der Waals surface area contributed by atoms with Crippen molar-refractivity contribution in [3.63, 3.8) is 0 Å². The molecule has 0 aliphatic carbocycles. The molecule has 1 fully saturated rings. The summed E-state index contributed by atoms with van der Waals surface area (Å²) in [5.74, 6) is 0. The summed E-state index contributed by atoms with van der Waals surface area (Å²) in [5, 5.41) is 0. The minimum absolute atomic E-state index is 1.16. The van der Waals surface area contributed by atoms with Crippen LogP contribution in [0.2, 0.25) is 0 Å². The summed E-state index contributed by atoms with van der Waals surface area (Å²) in [6.07, 6.45) is 1.94. The van der Waals surface area contributed by atoms with Crippen LogP contribution in [0.15, 0.2) is 12.8 Å². The highest BCUT2D eigenvalue weighted by Gasteiger charge is 2.21. The maximum absolute atomic E-state index is 3.75. The Labute approximate surface area is 63.3 Å². The zero-order valence-electron chi connectivity index (χ0n) is 7.01. The van der Waals surface area contributed by atoms with E-state index < -0.39 is 0 Å². The van der Waals surface area contributed by atoms with Gasteiger partial charge in [0, 0.05) is 0 Å². The van der Waals surface area contributed by atoms with Crippen LogP contribution in [0.1, 0.15) is 0 Å². The zero-order chi connectivity index (χ0) is 7.61. The summed E-state index contributed by atoms with van der Waals surface area (Å²) in [4.78, 5) is 2.28. The van der Waals surface area contributed by atoms with E-state index in [9.17, 15) is 0 Å². The fraction of sp³-hybridized carbons (Fsp3) is 0.750. The van der Waals surface area contributed by atoms with Crippen molar-refractivity contribution in [3.05, 3.63) is 12.8 Å². The van der Waals surface area contributed by atoms with Gasteiger partial charge in [0.05, 0.1) is 40.3 Å². The lowest BCUT2D eigenvalue weighted by atomic mass is 10.3. The largest absolute Gasteiger partial charge is 0.367 e. The summed E-state index contributed by atoms with van der Waals surface area (Å²) in [6.45, 7) is 8.56. The van der Waals surface area contributed by atoms with Crippen LogP contribution in [-0.4, -0.2) is 49.7 Å². The van der Waals surface area contributed by atoms with Crippen molar-refractivity contribution >= 4 is 0 Å². The summed E-state index contributed by atoms with van der Waals surface area (Å²) in [5.41, 5.74) is 0. The van der Waals surface area contributed by atoms with Gasteiger partial charge in [-0.2, -0.15) is 0 Å². The highest BCUT2D eigenvalue weighted by molar-refractivity contribution is 4.72. The maximum atomic E-state index is 3.75. The molecule has 10 heavy (non-hydrogen) atoms. The first kappa shape index (κ1) is 7.61. The number of piperazine rings is 1. The Morgan fingerprint density at radius 3 is 2.20 bits per heavy atom. The summed E-state index contributed by atoms with van der Waals surface area (Å²) < 4.78 is 1.16. The van der Waals surface area contributed by atoms with Gasteiger partial charge in [0.1, 0.15) is 0 Å². The van der Waals surface area contributed by atoms with E-state index in [0.29, 0.717) is 0 Å². The first-order valence-corrected chi connectivity index (χ1v) is 3.83. The standard InChI is InChI=1S/C8H17N2/c1-4-9-5-7-10(2,3)8-6-9/h4H,1,5-8H2,2-3H3/q+1. The normalized spacial score (nSPS) is 24.4. The van der Waals surface area contributed by atoms with Gasteiger partial charge in [-0.25, -0.2) is 0 Å². The number of hydrogen-bond acceptors (Lipinski definition) is 1. The van der Waals surface area contributed by atoms with Crippen LogP contribution in [0.25, 0.3) is 0 Å². The second-order valence-electron chi connectivity index (χ2n) is 3.60. The van der Waals surface area contributed by atoms with Crippen LogP contribution in [0.4, 0.5) is 0 Å². The van der Waals surface area contributed by atoms with E-state index in [2.05, 4.69) is 25.6 Å². The summed E-state index contributed by atoms with van der Waals surface area (Å²) in [7, 11) is 4.56. The van der Waals surface area contributed by atoms with Gasteiger partial charge in [-0.15, -0.1) is 0 Å². The molecule has 58 valence electrons. The molecule has 2 heteroatoms. The highest BCUT2D eigenvalue weighted by atomic mass is 15.4. The van der Waals surface area contributed by atoms with Crippen molar-refractivity contribution < 1.29 is 4.48 Å². The molecule has 0 amide bonds. The zero-order valence-corrected chi connectivity index (χ0v) is 7.01. The van der Waals surface area contributed by atoms with E-state index in [4.69, 9.17) is 0 Å². The second kappa shape index (κ2) is 2.62. The molecule has 1 heterocycles. The molecule has 0 radical (unpaired) electrons. The minimum atomic E-state index is 1.16. The van der Waals surface area contributed by atoms with Gasteiger partial charge in [-0.3, -0.25) is 0 Å². The summed E-state index contributed by atoms with van der Waals surface area (Å²) in [6, 6.07) is 0. The molecule has 0 aromatic heterocycles. The number of nitrogens with zero attached hydrogens (tertiary/aromatic N) is 2. The van der Waals surface area contributed by atoms with Gasteiger partial charge >= 0.3 is 0 Å². The van der Waals surface area contributed by atoms with E-state index in [0.717, 1.165) is 17.6 Å². The van der Waals surface area contributed by atoms with E-state index in [-0.39, 0.29) is 0 Å². The average molecular weight is 141 g/mol. The summed E-state index contributed by atoms with van der Waals surface area (Å²) >= 11 is 0. The third-order valence-electron chi connectivity index (χ3n) is 2.24. The molecule has 1 rings (SSSR count). The highest BCUT2D eigenvalue weighted by Crippen LogP contribution is 2.05. The topological polar surface area (TPSA) is 3.24 Å². The Kier molecular flexibility index (Phi) is 2.00. The average Bonchev–Trinajstić information content (AvgIpc) is 1.88. The smallest absolute Gasteiger partial charge is 0.0960 e. The van der Waals surface area contributed by atoms with Gasteiger partial charge in [0.25, 0.3) is 0 Å². The van der Waals surface area contributed by atoms with Gasteiger partial charge in [-0.05, 0) is 6.20 Å². The molecule has 0 aromatic carbocycles. The molecule has 0 aromatic rings. The number of quaternary nitrogens is 1. The lowest BCUT2D eigenvalue weighted by molar-refractivity contribution is -0.894. The van der Waals surface area contributed by atoms with Gasteiger partial charge in [-0.1, -0.05) is 6.58 Å². The molecule has 1 saturated heterocycles. The van der Waals surface area contributed by atoms with E-state index in [1.165, 1.54) is 13.1 Å². The Morgan fingerprint density at radius 2 is 1.80 bits per heavy atom. The van der Waals surface area contributed by atoms with Gasteiger partial charge in [0.15, 0.2) is 0 Å². The third-order valence-corrected chi connectivity index (χ3v) is 2.24. The predicted octanol–water partition coefficient (Wildman–Crippen LogP) is 0.522. The molecule has 1 aliphatic heterocycles. The fourth-order valence-electron chi connectivity index (χ4n) is 1.20. The monoisotopic (exact) mass is 141 g/mol. The predicted molar refractivity (Wildman–Crippen MR) is 43.6 cm³/mol. The van der Waals surface area contributed by atoms with Crippen molar-refractivity contribution in [2.45, 2.75) is 0 Å². The SMILES string of the molecule is C=CN1CC[N+](C)(C)CC1. The first-order chi connectivity index (χ1) is 4.64. The lowest BCUT2D eigenvalue weighted by Gasteiger charge is -2.38. The third kappa shape index (κ3) is 1.74.